The third kappa shape index (κ3) is 3.34. The number of aliphatic hydroxyl groups excluding tert-OH is 1. The summed E-state index contributed by atoms with van der Waals surface area (Å²) < 4.78 is 37.7. The van der Waals surface area contributed by atoms with E-state index in [9.17, 15) is 18.3 Å². The molecule has 8 heteroatoms. The summed E-state index contributed by atoms with van der Waals surface area (Å²) in [5, 5.41) is 16.1. The normalized spacial score (nSPS) is 13.9. The number of amidine groups is 1. The van der Waals surface area contributed by atoms with Crippen molar-refractivity contribution in [1.29, 1.82) is 5.41 Å². The van der Waals surface area contributed by atoms with Crippen LogP contribution in [0.15, 0.2) is 41.4 Å². The molecule has 1 heterocycles. The second-order valence-corrected chi connectivity index (χ2v) is 4.50. The fourth-order valence-electron chi connectivity index (χ4n) is 1.92. The van der Waals surface area contributed by atoms with Gasteiger partial charge < -0.3 is 15.8 Å². The van der Waals surface area contributed by atoms with Gasteiger partial charge in [-0.2, -0.15) is 13.2 Å². The molecule has 1 atom stereocenters. The summed E-state index contributed by atoms with van der Waals surface area (Å²) >= 11 is 0. The Morgan fingerprint density at radius 3 is 2.68 bits per heavy atom. The second kappa shape index (κ2) is 6.02. The summed E-state index contributed by atoms with van der Waals surface area (Å²) in [4.78, 5) is 6.49. The number of aromatic amines is 1. The molecular formula is C14H13F3N4O. The Hall–Kier alpha value is -2.61. The number of H-pyrrole nitrogens is 1. The van der Waals surface area contributed by atoms with Gasteiger partial charge in [0, 0.05) is 5.69 Å². The van der Waals surface area contributed by atoms with Crippen molar-refractivity contribution in [3.63, 3.8) is 0 Å². The zero-order valence-electron chi connectivity index (χ0n) is 11.2. The number of nitrogens with one attached hydrogen (secondary N) is 2. The first-order valence-corrected chi connectivity index (χ1v) is 6.19. The minimum Gasteiger partial charge on any atom is -0.382 e. The number of alkyl halides is 3. The highest BCUT2D eigenvalue weighted by Crippen LogP contribution is 2.33. The van der Waals surface area contributed by atoms with Crippen molar-refractivity contribution in [3.8, 4) is 11.3 Å². The average Bonchev–Trinajstić information content (AvgIpc) is 2.96. The third-order valence-corrected chi connectivity index (χ3v) is 2.99. The van der Waals surface area contributed by atoms with Crippen LogP contribution in [0.2, 0.25) is 0 Å². The monoisotopic (exact) mass is 310 g/mol. The van der Waals surface area contributed by atoms with Gasteiger partial charge >= 0.3 is 6.18 Å². The maximum absolute atomic E-state index is 12.6. The van der Waals surface area contributed by atoms with E-state index in [0.29, 0.717) is 17.0 Å². The van der Waals surface area contributed by atoms with Crippen LogP contribution in [0.1, 0.15) is 17.4 Å². The van der Waals surface area contributed by atoms with Crippen LogP contribution in [0.5, 0.6) is 0 Å². The van der Waals surface area contributed by atoms with Gasteiger partial charge in [0.15, 0.2) is 6.10 Å². The van der Waals surface area contributed by atoms with Gasteiger partial charge in [-0.25, -0.2) is 4.99 Å². The summed E-state index contributed by atoms with van der Waals surface area (Å²) in [6.07, 6.45) is -6.47. The Morgan fingerprint density at radius 2 is 2.05 bits per heavy atom. The van der Waals surface area contributed by atoms with E-state index in [1.165, 1.54) is 18.2 Å². The van der Waals surface area contributed by atoms with Crippen LogP contribution in [0, 0.1) is 5.41 Å². The molecule has 2 rings (SSSR count). The summed E-state index contributed by atoms with van der Waals surface area (Å²) in [5.41, 5.74) is 6.80. The van der Waals surface area contributed by atoms with Crippen molar-refractivity contribution in [1.82, 2.24) is 4.98 Å². The highest BCUT2D eigenvalue weighted by molar-refractivity contribution is 6.00. The first-order chi connectivity index (χ1) is 10.3. The highest BCUT2D eigenvalue weighted by atomic mass is 19.4. The number of hydrogen-bond donors (Lipinski definition) is 4. The van der Waals surface area contributed by atoms with E-state index in [1.54, 1.807) is 18.2 Å². The lowest BCUT2D eigenvalue weighted by Gasteiger charge is -2.15. The molecule has 0 saturated carbocycles. The minimum atomic E-state index is -4.72. The van der Waals surface area contributed by atoms with Crippen molar-refractivity contribution in [2.24, 2.45) is 10.7 Å². The highest BCUT2D eigenvalue weighted by Gasteiger charge is 2.39. The maximum Gasteiger partial charge on any atom is 0.418 e. The molecule has 22 heavy (non-hydrogen) atoms. The van der Waals surface area contributed by atoms with E-state index < -0.39 is 12.3 Å². The molecule has 0 aliphatic heterocycles. The number of aliphatic imine (C=N–C) groups is 1. The van der Waals surface area contributed by atoms with Gasteiger partial charge in [-0.15, -0.1) is 0 Å². The SMILES string of the molecule is N=CN=C(N)c1ccc(-c2cccc(C(O)C(F)(F)F)c2)[nH]1. The predicted molar refractivity (Wildman–Crippen MR) is 76.8 cm³/mol. The molecule has 0 spiro atoms. The first-order valence-electron chi connectivity index (χ1n) is 6.19. The van der Waals surface area contributed by atoms with E-state index in [1.807, 2.05) is 0 Å². The van der Waals surface area contributed by atoms with E-state index in [2.05, 4.69) is 9.98 Å². The van der Waals surface area contributed by atoms with Gasteiger partial charge in [-0.05, 0) is 29.3 Å². The van der Waals surface area contributed by atoms with Gasteiger partial charge in [-0.3, -0.25) is 5.41 Å². The van der Waals surface area contributed by atoms with Crippen LogP contribution < -0.4 is 5.73 Å². The second-order valence-electron chi connectivity index (χ2n) is 4.50. The van der Waals surface area contributed by atoms with Crippen LogP contribution >= 0.6 is 0 Å². The van der Waals surface area contributed by atoms with Crippen LogP contribution in [0.25, 0.3) is 11.3 Å². The van der Waals surface area contributed by atoms with Gasteiger partial charge in [0.05, 0.1) is 5.69 Å². The van der Waals surface area contributed by atoms with E-state index in [0.717, 1.165) is 6.34 Å². The van der Waals surface area contributed by atoms with Crippen molar-refractivity contribution >= 4 is 12.2 Å². The molecular weight excluding hydrogens is 297 g/mol. The summed E-state index contributed by atoms with van der Waals surface area (Å²) in [6.45, 7) is 0. The topological polar surface area (TPSA) is 98.2 Å². The Bertz CT molecular complexity index is 706. The van der Waals surface area contributed by atoms with Crippen LogP contribution in [-0.2, 0) is 0 Å². The molecule has 0 radical (unpaired) electrons. The number of benzene rings is 1. The number of nitrogens with zero attached hydrogens (tertiary/aromatic N) is 1. The number of aromatic nitrogens is 1. The molecule has 0 bridgehead atoms. The maximum atomic E-state index is 12.6. The van der Waals surface area contributed by atoms with Crippen molar-refractivity contribution in [3.05, 3.63) is 47.7 Å². The molecule has 0 aliphatic rings. The predicted octanol–water partition coefficient (Wildman–Crippen LogP) is 2.59. The van der Waals surface area contributed by atoms with Gasteiger partial charge in [0.1, 0.15) is 12.2 Å². The fraction of sp³-hybridized carbons (Fsp3) is 0.143. The molecule has 0 fully saturated rings. The summed E-state index contributed by atoms with van der Waals surface area (Å²) in [7, 11) is 0. The molecule has 0 amide bonds. The number of rotatable bonds is 4. The number of nitrogens with two attached hydrogens (primary N) is 1. The fourth-order valence-corrected chi connectivity index (χ4v) is 1.92. The van der Waals surface area contributed by atoms with Gasteiger partial charge in [0.2, 0.25) is 0 Å². The number of aliphatic hydroxyl groups is 1. The molecule has 2 aromatic rings. The van der Waals surface area contributed by atoms with Gasteiger partial charge in [0.25, 0.3) is 0 Å². The molecule has 1 aromatic carbocycles. The van der Waals surface area contributed by atoms with Crippen molar-refractivity contribution in [2.45, 2.75) is 12.3 Å². The number of hydrogen-bond acceptors (Lipinski definition) is 2. The Labute approximate surface area is 123 Å². The molecule has 5 N–H and O–H groups in total. The van der Waals surface area contributed by atoms with Crippen LogP contribution in [0.4, 0.5) is 13.2 Å². The van der Waals surface area contributed by atoms with Crippen LogP contribution in [-0.4, -0.2) is 28.4 Å². The molecule has 5 nitrogen and oxygen atoms in total. The minimum absolute atomic E-state index is 0.0905. The van der Waals surface area contributed by atoms with E-state index in [-0.39, 0.29) is 11.4 Å². The molecule has 0 aliphatic carbocycles. The Balaban J connectivity index is 2.35. The number of halogens is 3. The van der Waals surface area contributed by atoms with Crippen molar-refractivity contribution in [2.75, 3.05) is 0 Å². The standard InChI is InChI=1S/C14H13F3N4O/c15-14(16,17)12(22)9-3-1-2-8(6-9)10-4-5-11(21-10)13(19)20-7-18/h1-7,12,21-22H,(H3,18,19,20). The third-order valence-electron chi connectivity index (χ3n) is 2.99. The quantitative estimate of drug-likeness (QED) is 0.515. The van der Waals surface area contributed by atoms with Crippen molar-refractivity contribution < 1.29 is 18.3 Å². The molecule has 1 unspecified atom stereocenters. The lowest BCUT2D eigenvalue weighted by molar-refractivity contribution is -0.206. The van der Waals surface area contributed by atoms with Gasteiger partial charge in [-0.1, -0.05) is 18.2 Å². The van der Waals surface area contributed by atoms with Crippen LogP contribution in [0.3, 0.4) is 0 Å². The lowest BCUT2D eigenvalue weighted by atomic mass is 10.0. The summed E-state index contributed by atoms with van der Waals surface area (Å²) in [6, 6.07) is 8.71. The molecule has 0 saturated heterocycles. The molecule has 1 aromatic heterocycles. The lowest BCUT2D eigenvalue weighted by Crippen LogP contribution is -2.20. The molecule has 116 valence electrons. The zero-order chi connectivity index (χ0) is 16.3. The summed E-state index contributed by atoms with van der Waals surface area (Å²) in [5.74, 6) is 0.0905. The van der Waals surface area contributed by atoms with E-state index >= 15 is 0 Å². The smallest absolute Gasteiger partial charge is 0.382 e. The van der Waals surface area contributed by atoms with E-state index in [4.69, 9.17) is 11.1 Å². The zero-order valence-corrected chi connectivity index (χ0v) is 11.2. The average molecular weight is 310 g/mol. The Morgan fingerprint density at radius 1 is 1.32 bits per heavy atom. The first kappa shape index (κ1) is 15.8. The Kier molecular flexibility index (Phi) is 4.32. The largest absolute Gasteiger partial charge is 0.418 e.